The number of amides is 3. The van der Waals surface area contributed by atoms with Crippen LogP contribution in [0.5, 0.6) is 0 Å². The minimum Gasteiger partial charge on any atom is -0.358 e. The summed E-state index contributed by atoms with van der Waals surface area (Å²) in [6.07, 6.45) is 0.847. The number of likely N-dealkylation sites (N-methyl/N-ethyl adjacent to an activating group) is 1. The van der Waals surface area contributed by atoms with Gasteiger partial charge in [-0.05, 0) is 26.2 Å². The van der Waals surface area contributed by atoms with Crippen molar-refractivity contribution in [2.24, 2.45) is 5.92 Å². The van der Waals surface area contributed by atoms with Gasteiger partial charge in [0.25, 0.3) is 0 Å². The van der Waals surface area contributed by atoms with Crippen molar-refractivity contribution in [3.8, 4) is 0 Å². The fraction of sp³-hybridized carbons (Fsp3) is 0.857. The summed E-state index contributed by atoms with van der Waals surface area (Å²) in [5.41, 5.74) is 0. The van der Waals surface area contributed by atoms with E-state index in [1.807, 2.05) is 4.90 Å². The van der Waals surface area contributed by atoms with Crippen LogP contribution in [0, 0.1) is 5.92 Å². The molecule has 114 valence electrons. The predicted molar refractivity (Wildman–Crippen MR) is 77.4 cm³/mol. The van der Waals surface area contributed by atoms with Crippen LogP contribution in [0.15, 0.2) is 0 Å². The highest BCUT2D eigenvalue weighted by Gasteiger charge is 2.50. The normalized spacial score (nSPS) is 29.7. The molecule has 2 aliphatic rings. The third-order valence-corrected chi connectivity index (χ3v) is 4.47. The van der Waals surface area contributed by atoms with Gasteiger partial charge >= 0.3 is 6.03 Å². The van der Waals surface area contributed by atoms with Crippen LogP contribution < -0.4 is 5.32 Å². The second-order valence-electron chi connectivity index (χ2n) is 6.32. The fourth-order valence-electron chi connectivity index (χ4n) is 3.65. The van der Waals surface area contributed by atoms with Crippen molar-refractivity contribution in [1.82, 2.24) is 20.0 Å². The number of carbonyl (C=O) groups is 2. The average Bonchev–Trinajstić information content (AvgIpc) is 2.92. The molecule has 0 aromatic rings. The summed E-state index contributed by atoms with van der Waals surface area (Å²) < 4.78 is 0. The molecule has 0 unspecified atom stereocenters. The van der Waals surface area contributed by atoms with Crippen LogP contribution in [0.2, 0.25) is 0 Å². The molecule has 0 saturated carbocycles. The Morgan fingerprint density at radius 2 is 1.90 bits per heavy atom. The molecule has 0 radical (unpaired) electrons. The number of carbonyl (C=O) groups excluding carboxylic acids is 2. The van der Waals surface area contributed by atoms with E-state index in [0.29, 0.717) is 18.0 Å². The maximum absolute atomic E-state index is 12.1. The number of hydrogen-bond acceptors (Lipinski definition) is 3. The lowest BCUT2D eigenvalue weighted by Gasteiger charge is -2.33. The smallest absolute Gasteiger partial charge is 0.319 e. The molecule has 0 aromatic heterocycles. The van der Waals surface area contributed by atoms with Gasteiger partial charge in [-0.15, -0.1) is 0 Å². The Morgan fingerprint density at radius 1 is 1.25 bits per heavy atom. The fourth-order valence-corrected chi connectivity index (χ4v) is 3.65. The highest BCUT2D eigenvalue weighted by Crippen LogP contribution is 2.37. The van der Waals surface area contributed by atoms with Crippen molar-refractivity contribution >= 4 is 11.9 Å². The maximum atomic E-state index is 12.1. The highest BCUT2D eigenvalue weighted by atomic mass is 16.2. The highest BCUT2D eigenvalue weighted by molar-refractivity contribution is 5.82. The largest absolute Gasteiger partial charge is 0.358 e. The van der Waals surface area contributed by atoms with Crippen molar-refractivity contribution in [1.29, 1.82) is 0 Å². The van der Waals surface area contributed by atoms with Crippen LogP contribution >= 0.6 is 0 Å². The molecule has 2 aliphatic heterocycles. The first kappa shape index (κ1) is 15.1. The second-order valence-corrected chi connectivity index (χ2v) is 6.32. The Morgan fingerprint density at radius 3 is 2.40 bits per heavy atom. The summed E-state index contributed by atoms with van der Waals surface area (Å²) in [5.74, 6) is 0.502. The topological polar surface area (TPSA) is 55.9 Å². The lowest BCUT2D eigenvalue weighted by atomic mass is 10.0. The molecule has 0 aromatic carbocycles. The molecule has 0 aliphatic carbocycles. The molecule has 6 heteroatoms. The first-order valence-corrected chi connectivity index (χ1v) is 7.32. The van der Waals surface area contributed by atoms with Gasteiger partial charge in [-0.2, -0.15) is 0 Å². The third-order valence-electron chi connectivity index (χ3n) is 4.47. The standard InChI is InChI=1S/C14H26N4O2/c1-9(2)18-11(13(19)15-3)6-10-7-17(8-12(10)18)14(20)16(4)5/h9-12H,6-8H2,1-5H3,(H,15,19)/t10-,11-,12+/m0/s1. The molecule has 6 nitrogen and oxygen atoms in total. The molecule has 2 heterocycles. The zero-order valence-electron chi connectivity index (χ0n) is 13.1. The number of urea groups is 1. The number of rotatable bonds is 2. The van der Waals surface area contributed by atoms with Gasteiger partial charge in [-0.25, -0.2) is 4.79 Å². The van der Waals surface area contributed by atoms with Gasteiger partial charge in [0.05, 0.1) is 6.04 Å². The molecule has 20 heavy (non-hydrogen) atoms. The van der Waals surface area contributed by atoms with Gasteiger partial charge in [0.1, 0.15) is 0 Å². The van der Waals surface area contributed by atoms with E-state index in [1.165, 1.54) is 0 Å². The number of nitrogens with one attached hydrogen (secondary N) is 1. The summed E-state index contributed by atoms with van der Waals surface area (Å²) in [4.78, 5) is 29.9. The number of hydrogen-bond donors (Lipinski definition) is 1. The molecule has 1 N–H and O–H groups in total. The van der Waals surface area contributed by atoms with E-state index in [4.69, 9.17) is 0 Å². The van der Waals surface area contributed by atoms with Crippen LogP contribution in [0.3, 0.4) is 0 Å². The van der Waals surface area contributed by atoms with Gasteiger partial charge in [-0.1, -0.05) is 0 Å². The maximum Gasteiger partial charge on any atom is 0.319 e. The number of likely N-dealkylation sites (tertiary alicyclic amines) is 2. The van der Waals surface area contributed by atoms with Crippen molar-refractivity contribution in [3.63, 3.8) is 0 Å². The van der Waals surface area contributed by atoms with Crippen LogP contribution in [0.4, 0.5) is 4.79 Å². The number of nitrogens with zero attached hydrogens (tertiary/aromatic N) is 3. The van der Waals surface area contributed by atoms with E-state index >= 15 is 0 Å². The second kappa shape index (κ2) is 5.60. The zero-order valence-corrected chi connectivity index (χ0v) is 13.1. The summed E-state index contributed by atoms with van der Waals surface area (Å²) in [5, 5.41) is 2.76. The van der Waals surface area contributed by atoms with E-state index in [-0.39, 0.29) is 18.0 Å². The molecule has 2 saturated heterocycles. The zero-order chi connectivity index (χ0) is 15.0. The Labute approximate surface area is 121 Å². The van der Waals surface area contributed by atoms with Gasteiger partial charge < -0.3 is 15.1 Å². The van der Waals surface area contributed by atoms with E-state index < -0.39 is 0 Å². The van der Waals surface area contributed by atoms with Crippen LogP contribution in [0.25, 0.3) is 0 Å². The summed E-state index contributed by atoms with van der Waals surface area (Å²) in [6, 6.07) is 0.633. The quantitative estimate of drug-likeness (QED) is 0.787. The summed E-state index contributed by atoms with van der Waals surface area (Å²) >= 11 is 0. The van der Waals surface area contributed by atoms with Crippen LogP contribution in [-0.4, -0.2) is 79.0 Å². The molecule has 3 atom stereocenters. The van der Waals surface area contributed by atoms with E-state index in [2.05, 4.69) is 24.1 Å². The lowest BCUT2D eigenvalue weighted by molar-refractivity contribution is -0.126. The minimum absolute atomic E-state index is 0.0494. The van der Waals surface area contributed by atoms with E-state index in [9.17, 15) is 9.59 Å². The molecular weight excluding hydrogens is 256 g/mol. The third kappa shape index (κ3) is 2.49. The first-order chi connectivity index (χ1) is 9.36. The van der Waals surface area contributed by atoms with E-state index in [1.54, 1.807) is 26.0 Å². The molecule has 3 amide bonds. The molecule has 2 fully saturated rings. The van der Waals surface area contributed by atoms with Crippen LogP contribution in [-0.2, 0) is 4.79 Å². The average molecular weight is 282 g/mol. The SMILES string of the molecule is CNC(=O)[C@@H]1C[C@H]2CN(C(=O)N(C)C)C[C@H]2N1C(C)C. The lowest BCUT2D eigenvalue weighted by Crippen LogP contribution is -2.51. The minimum atomic E-state index is -0.0494. The van der Waals surface area contributed by atoms with Crippen molar-refractivity contribution in [2.45, 2.75) is 38.4 Å². The van der Waals surface area contributed by atoms with Gasteiger partial charge in [0.2, 0.25) is 5.91 Å². The monoisotopic (exact) mass is 282 g/mol. The van der Waals surface area contributed by atoms with E-state index in [0.717, 1.165) is 19.5 Å². The molecule has 0 spiro atoms. The Bertz CT molecular complexity index is 397. The number of fused-ring (bicyclic) bond motifs is 1. The van der Waals surface area contributed by atoms with Gasteiger partial charge in [0, 0.05) is 46.3 Å². The first-order valence-electron chi connectivity index (χ1n) is 7.32. The summed E-state index contributed by atoms with van der Waals surface area (Å²) in [6.45, 7) is 5.73. The Hall–Kier alpha value is -1.30. The Balaban J connectivity index is 2.12. The molecule has 0 bridgehead atoms. The van der Waals surface area contributed by atoms with Crippen LogP contribution in [0.1, 0.15) is 20.3 Å². The van der Waals surface area contributed by atoms with Crippen molar-refractivity contribution in [2.75, 3.05) is 34.2 Å². The predicted octanol–water partition coefficient (Wildman–Crippen LogP) is 0.197. The van der Waals surface area contributed by atoms with Gasteiger partial charge in [0.15, 0.2) is 0 Å². The van der Waals surface area contributed by atoms with Gasteiger partial charge in [-0.3, -0.25) is 9.69 Å². The van der Waals surface area contributed by atoms with Crippen molar-refractivity contribution < 1.29 is 9.59 Å². The summed E-state index contributed by atoms with van der Waals surface area (Å²) in [7, 11) is 5.25. The molecular formula is C14H26N4O2. The molecule has 2 rings (SSSR count). The van der Waals surface area contributed by atoms with Crippen molar-refractivity contribution in [3.05, 3.63) is 0 Å². The Kier molecular flexibility index (Phi) is 4.22.